The number of carbonyl (C=O) groups excluding carboxylic acids is 1. The van der Waals surface area contributed by atoms with E-state index in [-0.39, 0.29) is 30.4 Å². The average molecular weight is 435 g/mol. The fraction of sp³-hybridized carbons (Fsp3) is 0.400. The Morgan fingerprint density at radius 3 is 2.94 bits per heavy atom. The van der Waals surface area contributed by atoms with Crippen molar-refractivity contribution in [2.24, 2.45) is 0 Å². The zero-order chi connectivity index (χ0) is 21.9. The lowest BCUT2D eigenvalue weighted by Crippen LogP contribution is -2.43. The number of hydrogen-bond acceptors (Lipinski definition) is 7. The number of hydrogen-bond donors (Lipinski definition) is 0. The monoisotopic (exact) mass is 435 g/mol. The summed E-state index contributed by atoms with van der Waals surface area (Å²) in [5, 5.41) is 0. The Bertz CT molecular complexity index is 1130. The average Bonchev–Trinajstić information content (AvgIpc) is 3.36. The number of ether oxygens (including phenoxy) is 5. The zero-order valence-corrected chi connectivity index (χ0v) is 18.1. The maximum absolute atomic E-state index is 12.8. The van der Waals surface area contributed by atoms with Crippen molar-refractivity contribution in [2.45, 2.75) is 37.0 Å². The molecule has 32 heavy (non-hydrogen) atoms. The summed E-state index contributed by atoms with van der Waals surface area (Å²) in [5.41, 5.74) is 2.70. The molecule has 0 fully saturated rings. The molecule has 0 saturated heterocycles. The highest BCUT2D eigenvalue weighted by Crippen LogP contribution is 2.55. The number of benzene rings is 2. The molecule has 7 heteroatoms. The van der Waals surface area contributed by atoms with Gasteiger partial charge < -0.3 is 28.6 Å². The normalized spacial score (nSPS) is 27.2. The number of methoxy groups -OCH3 is 1. The molecule has 1 aliphatic carbocycles. The highest BCUT2D eigenvalue weighted by Gasteiger charge is 2.53. The van der Waals surface area contributed by atoms with Crippen LogP contribution in [0.25, 0.3) is 0 Å². The number of nitrogens with zero attached hydrogens (tertiary/aromatic N) is 1. The molecule has 3 heterocycles. The van der Waals surface area contributed by atoms with Gasteiger partial charge in [0.1, 0.15) is 12.2 Å². The lowest BCUT2D eigenvalue weighted by Gasteiger charge is -2.36. The van der Waals surface area contributed by atoms with Crippen LogP contribution < -0.4 is 18.9 Å². The summed E-state index contributed by atoms with van der Waals surface area (Å²) in [7, 11) is 3.82. The molecule has 0 N–H and O–H groups in total. The lowest BCUT2D eigenvalue weighted by molar-refractivity contribution is 0.0217. The van der Waals surface area contributed by atoms with E-state index in [0.717, 1.165) is 31.0 Å². The van der Waals surface area contributed by atoms with Crippen LogP contribution in [0.5, 0.6) is 23.0 Å². The molecule has 2 aromatic rings. The summed E-state index contributed by atoms with van der Waals surface area (Å²) < 4.78 is 28.7. The highest BCUT2D eigenvalue weighted by atomic mass is 16.7. The van der Waals surface area contributed by atoms with E-state index in [1.165, 1.54) is 11.1 Å². The number of rotatable bonds is 3. The third kappa shape index (κ3) is 2.88. The van der Waals surface area contributed by atoms with Crippen molar-refractivity contribution in [3.8, 4) is 23.0 Å². The van der Waals surface area contributed by atoms with Gasteiger partial charge in [-0.3, -0.25) is 0 Å². The van der Waals surface area contributed by atoms with E-state index >= 15 is 0 Å². The van der Waals surface area contributed by atoms with Crippen molar-refractivity contribution in [1.82, 2.24) is 4.90 Å². The van der Waals surface area contributed by atoms with E-state index in [4.69, 9.17) is 23.7 Å². The Balaban J connectivity index is 1.29. The highest BCUT2D eigenvalue weighted by molar-refractivity contribution is 5.90. The van der Waals surface area contributed by atoms with Gasteiger partial charge in [-0.05, 0) is 55.9 Å². The molecule has 0 aromatic heterocycles. The second-order valence-corrected chi connectivity index (χ2v) is 8.87. The number of fused-ring (bicyclic) bond motifs is 1. The topological polar surface area (TPSA) is 66.5 Å². The number of carbonyl (C=O) groups is 1. The Kier molecular flexibility index (Phi) is 4.37. The molecule has 1 unspecified atom stereocenters. The van der Waals surface area contributed by atoms with Gasteiger partial charge in [0.25, 0.3) is 0 Å². The van der Waals surface area contributed by atoms with Gasteiger partial charge in [-0.2, -0.15) is 0 Å². The van der Waals surface area contributed by atoms with E-state index in [1.807, 2.05) is 12.1 Å². The van der Waals surface area contributed by atoms with Gasteiger partial charge >= 0.3 is 5.97 Å². The first-order valence-corrected chi connectivity index (χ1v) is 10.9. The summed E-state index contributed by atoms with van der Waals surface area (Å²) in [5.74, 6) is 2.40. The SMILES string of the molecule is COc1ccc2c3c1OC1C[C@@H](OC(=O)c4ccc5c(c4)OCO5)C=C[C@@]31CCN(C)C2. The Hall–Kier alpha value is -3.19. The van der Waals surface area contributed by atoms with Crippen LogP contribution in [0.1, 0.15) is 34.3 Å². The minimum absolute atomic E-state index is 0.112. The molecule has 6 rings (SSSR count). The van der Waals surface area contributed by atoms with E-state index in [0.29, 0.717) is 23.5 Å². The quantitative estimate of drug-likeness (QED) is 0.540. The molecule has 0 amide bonds. The minimum Gasteiger partial charge on any atom is -0.493 e. The van der Waals surface area contributed by atoms with Gasteiger partial charge in [0, 0.05) is 18.5 Å². The summed E-state index contributed by atoms with van der Waals surface area (Å²) in [4.78, 5) is 15.2. The fourth-order valence-electron chi connectivity index (χ4n) is 5.38. The molecule has 1 spiro atoms. The molecule has 7 nitrogen and oxygen atoms in total. The maximum atomic E-state index is 12.8. The first-order chi connectivity index (χ1) is 15.6. The predicted molar refractivity (Wildman–Crippen MR) is 116 cm³/mol. The van der Waals surface area contributed by atoms with E-state index in [9.17, 15) is 4.79 Å². The van der Waals surface area contributed by atoms with Crippen LogP contribution in [-0.2, 0) is 16.7 Å². The Labute approximate surface area is 186 Å². The van der Waals surface area contributed by atoms with Crippen molar-refractivity contribution in [2.75, 3.05) is 27.5 Å². The van der Waals surface area contributed by atoms with Gasteiger partial charge in [0.05, 0.1) is 18.1 Å². The Morgan fingerprint density at radius 2 is 2.06 bits per heavy atom. The Morgan fingerprint density at radius 1 is 1.19 bits per heavy atom. The number of esters is 1. The molecule has 3 aliphatic heterocycles. The van der Waals surface area contributed by atoms with Crippen LogP contribution in [0.2, 0.25) is 0 Å². The van der Waals surface area contributed by atoms with E-state index in [2.05, 4.69) is 24.1 Å². The van der Waals surface area contributed by atoms with Gasteiger partial charge in [0.2, 0.25) is 6.79 Å². The predicted octanol–water partition coefficient (Wildman–Crippen LogP) is 3.44. The molecular formula is C25H25NO6. The van der Waals surface area contributed by atoms with Crippen LogP contribution in [0, 0.1) is 0 Å². The molecule has 4 aliphatic rings. The lowest BCUT2D eigenvalue weighted by atomic mass is 9.69. The maximum Gasteiger partial charge on any atom is 0.338 e. The summed E-state index contributed by atoms with van der Waals surface area (Å²) in [6.45, 7) is 2.00. The van der Waals surface area contributed by atoms with Crippen molar-refractivity contribution >= 4 is 5.97 Å². The minimum atomic E-state index is -0.386. The molecule has 3 atom stereocenters. The van der Waals surface area contributed by atoms with Gasteiger partial charge in [-0.25, -0.2) is 4.79 Å². The first kappa shape index (κ1) is 19.5. The smallest absolute Gasteiger partial charge is 0.338 e. The van der Waals surface area contributed by atoms with Crippen LogP contribution in [-0.4, -0.2) is 50.6 Å². The molecule has 166 valence electrons. The molecule has 0 saturated carbocycles. The molecule has 0 radical (unpaired) electrons. The van der Waals surface area contributed by atoms with Crippen LogP contribution in [0.15, 0.2) is 42.5 Å². The second kappa shape index (κ2) is 7.17. The van der Waals surface area contributed by atoms with Gasteiger partial charge in [0.15, 0.2) is 23.0 Å². The van der Waals surface area contributed by atoms with Crippen molar-refractivity contribution in [1.29, 1.82) is 0 Å². The van der Waals surface area contributed by atoms with Crippen molar-refractivity contribution in [3.63, 3.8) is 0 Å². The zero-order valence-electron chi connectivity index (χ0n) is 18.1. The molecular weight excluding hydrogens is 410 g/mol. The van der Waals surface area contributed by atoms with Crippen LogP contribution in [0.3, 0.4) is 0 Å². The fourth-order valence-corrected chi connectivity index (χ4v) is 5.38. The van der Waals surface area contributed by atoms with Crippen molar-refractivity contribution < 1.29 is 28.5 Å². The van der Waals surface area contributed by atoms with Gasteiger partial charge in [-0.15, -0.1) is 0 Å². The summed E-state index contributed by atoms with van der Waals surface area (Å²) >= 11 is 0. The van der Waals surface area contributed by atoms with Crippen molar-refractivity contribution in [3.05, 3.63) is 59.2 Å². The largest absolute Gasteiger partial charge is 0.493 e. The third-order valence-electron chi connectivity index (χ3n) is 7.00. The summed E-state index contributed by atoms with van der Waals surface area (Å²) in [6, 6.07) is 9.23. The van der Waals surface area contributed by atoms with Crippen LogP contribution in [0.4, 0.5) is 0 Å². The van der Waals surface area contributed by atoms with Gasteiger partial charge in [-0.1, -0.05) is 12.1 Å². The van der Waals surface area contributed by atoms with E-state index < -0.39 is 0 Å². The summed E-state index contributed by atoms with van der Waals surface area (Å²) in [6.07, 6.45) is 5.28. The molecule has 0 bridgehead atoms. The third-order valence-corrected chi connectivity index (χ3v) is 7.00. The van der Waals surface area contributed by atoms with Crippen LogP contribution >= 0.6 is 0 Å². The second-order valence-electron chi connectivity index (χ2n) is 8.87. The standard InChI is InChI=1S/C25H25NO6/c1-26-10-9-25-8-7-17(31-24(27)15-3-5-18-20(11-15)30-14-29-18)12-21(25)32-23-19(28-2)6-4-16(13-26)22(23)25/h3-8,11,17,21H,9-10,12-14H2,1-2H3/t17-,21?,25-/m0/s1. The molecule has 2 aromatic carbocycles. The first-order valence-electron chi connectivity index (χ1n) is 10.9. The van der Waals surface area contributed by atoms with E-state index in [1.54, 1.807) is 25.3 Å².